The van der Waals surface area contributed by atoms with E-state index >= 15 is 0 Å². The zero-order chi connectivity index (χ0) is 13.5. The van der Waals surface area contributed by atoms with Gasteiger partial charge in [-0.1, -0.05) is 12.1 Å². The molecule has 0 atom stereocenters. The van der Waals surface area contributed by atoms with Gasteiger partial charge in [-0.3, -0.25) is 4.79 Å². The summed E-state index contributed by atoms with van der Waals surface area (Å²) in [5.74, 6) is 0.0120. The van der Waals surface area contributed by atoms with E-state index in [1.807, 2.05) is 36.7 Å². The van der Waals surface area contributed by atoms with Crippen LogP contribution in [0.15, 0.2) is 18.2 Å². The molecule has 4 nitrogen and oxygen atoms in total. The number of fused-ring (bicyclic) bond motifs is 1. The molecule has 18 heavy (non-hydrogen) atoms. The molecule has 4 heteroatoms. The molecule has 0 aliphatic heterocycles. The van der Waals surface area contributed by atoms with E-state index in [0.29, 0.717) is 6.42 Å². The second-order valence-corrected chi connectivity index (χ2v) is 5.40. The van der Waals surface area contributed by atoms with Gasteiger partial charge in [0.05, 0.1) is 16.4 Å². The lowest BCUT2D eigenvalue weighted by molar-refractivity contribution is -0.146. The molecule has 0 amide bonds. The molecule has 2 aromatic rings. The Morgan fingerprint density at radius 1 is 1.44 bits per heavy atom. The summed E-state index contributed by atoms with van der Waals surface area (Å²) in [7, 11) is 1.94. The number of imidazole rings is 1. The molecule has 96 valence electrons. The largest absolute Gasteiger partial charge is 0.481 e. The minimum atomic E-state index is -0.803. The van der Waals surface area contributed by atoms with Crippen LogP contribution < -0.4 is 0 Å². The third-order valence-electron chi connectivity index (χ3n) is 3.37. The summed E-state index contributed by atoms with van der Waals surface area (Å²) in [5, 5.41) is 9.19. The van der Waals surface area contributed by atoms with E-state index in [1.165, 1.54) is 0 Å². The minimum absolute atomic E-state index is 0.424. The van der Waals surface area contributed by atoms with Crippen molar-refractivity contribution < 1.29 is 9.90 Å². The van der Waals surface area contributed by atoms with Gasteiger partial charge >= 0.3 is 5.97 Å². The third kappa shape index (κ3) is 1.98. The Bertz CT molecular complexity index is 612. The molecular formula is C14H18N2O2. The van der Waals surface area contributed by atoms with Crippen molar-refractivity contribution in [3.63, 3.8) is 0 Å². The van der Waals surface area contributed by atoms with E-state index in [-0.39, 0.29) is 0 Å². The van der Waals surface area contributed by atoms with E-state index in [0.717, 1.165) is 22.4 Å². The molecule has 0 saturated carbocycles. The van der Waals surface area contributed by atoms with E-state index in [9.17, 15) is 9.90 Å². The van der Waals surface area contributed by atoms with Crippen LogP contribution in [0.1, 0.15) is 25.2 Å². The number of nitrogens with zero attached hydrogens (tertiary/aromatic N) is 2. The Kier molecular flexibility index (Phi) is 2.89. The molecule has 0 fully saturated rings. The van der Waals surface area contributed by atoms with E-state index in [4.69, 9.17) is 0 Å². The van der Waals surface area contributed by atoms with Crippen LogP contribution in [0.25, 0.3) is 11.0 Å². The topological polar surface area (TPSA) is 55.1 Å². The van der Waals surface area contributed by atoms with Crippen LogP contribution in [0.3, 0.4) is 0 Å². The average molecular weight is 246 g/mol. The fraction of sp³-hybridized carbons (Fsp3) is 0.429. The highest BCUT2D eigenvalue weighted by Crippen LogP contribution is 2.25. The van der Waals surface area contributed by atoms with Crippen LogP contribution in [0.5, 0.6) is 0 Å². The fourth-order valence-corrected chi connectivity index (χ4v) is 2.14. The first-order valence-electron chi connectivity index (χ1n) is 5.97. The molecule has 0 radical (unpaired) electrons. The molecule has 2 rings (SSSR count). The monoisotopic (exact) mass is 246 g/mol. The van der Waals surface area contributed by atoms with E-state index < -0.39 is 11.4 Å². The lowest BCUT2D eigenvalue weighted by Gasteiger charge is -2.18. The first kappa shape index (κ1) is 12.6. The predicted octanol–water partition coefficient (Wildman–Crippen LogP) is 2.54. The second-order valence-electron chi connectivity index (χ2n) is 5.40. The van der Waals surface area contributed by atoms with Crippen molar-refractivity contribution in [3.05, 3.63) is 29.6 Å². The normalized spacial score (nSPS) is 12.0. The van der Waals surface area contributed by atoms with Crippen LogP contribution in [0.2, 0.25) is 0 Å². The van der Waals surface area contributed by atoms with Gasteiger partial charge in [-0.15, -0.1) is 0 Å². The van der Waals surface area contributed by atoms with Crippen molar-refractivity contribution >= 4 is 17.0 Å². The standard InChI is InChI=1S/C14H18N2O2/c1-9-6-5-7-10-12(9)16(4)11(15-10)8-14(2,3)13(17)18/h5-7H,8H2,1-4H3,(H,17,18). The van der Waals surface area contributed by atoms with Gasteiger partial charge in [-0.2, -0.15) is 0 Å². The molecule has 0 spiro atoms. The molecular weight excluding hydrogens is 228 g/mol. The number of hydrogen-bond donors (Lipinski definition) is 1. The predicted molar refractivity (Wildman–Crippen MR) is 70.6 cm³/mol. The summed E-state index contributed by atoms with van der Waals surface area (Å²) in [5.41, 5.74) is 2.35. The van der Waals surface area contributed by atoms with Crippen molar-refractivity contribution in [2.24, 2.45) is 12.5 Å². The molecule has 0 unspecified atom stereocenters. The Labute approximate surface area is 106 Å². The Morgan fingerprint density at radius 2 is 2.11 bits per heavy atom. The van der Waals surface area contributed by atoms with Gasteiger partial charge in [-0.25, -0.2) is 4.98 Å². The number of benzene rings is 1. The summed E-state index contributed by atoms with van der Waals surface area (Å²) in [6.07, 6.45) is 0.424. The number of rotatable bonds is 3. The number of para-hydroxylation sites is 1. The van der Waals surface area contributed by atoms with E-state index in [2.05, 4.69) is 4.98 Å². The van der Waals surface area contributed by atoms with Crippen LogP contribution in [-0.4, -0.2) is 20.6 Å². The molecule has 1 N–H and O–H groups in total. The summed E-state index contributed by atoms with van der Waals surface area (Å²) < 4.78 is 2.00. The fourth-order valence-electron chi connectivity index (χ4n) is 2.14. The summed E-state index contributed by atoms with van der Waals surface area (Å²) in [6, 6.07) is 5.96. The highest BCUT2D eigenvalue weighted by Gasteiger charge is 2.29. The number of aryl methyl sites for hydroxylation is 2. The van der Waals surface area contributed by atoms with Crippen LogP contribution >= 0.6 is 0 Å². The zero-order valence-corrected chi connectivity index (χ0v) is 11.2. The summed E-state index contributed by atoms with van der Waals surface area (Å²) in [6.45, 7) is 5.49. The van der Waals surface area contributed by atoms with Crippen LogP contribution in [-0.2, 0) is 18.3 Å². The molecule has 0 saturated heterocycles. The molecule has 0 aliphatic rings. The van der Waals surface area contributed by atoms with Crippen molar-refractivity contribution in [1.82, 2.24) is 9.55 Å². The van der Waals surface area contributed by atoms with Crippen molar-refractivity contribution in [3.8, 4) is 0 Å². The molecule has 1 aromatic heterocycles. The van der Waals surface area contributed by atoms with Gasteiger partial charge in [-0.05, 0) is 32.4 Å². The average Bonchev–Trinajstić information content (AvgIpc) is 2.56. The SMILES string of the molecule is Cc1cccc2nc(CC(C)(C)C(=O)O)n(C)c12. The quantitative estimate of drug-likeness (QED) is 0.905. The van der Waals surface area contributed by atoms with Crippen molar-refractivity contribution in [2.45, 2.75) is 27.2 Å². The number of aromatic nitrogens is 2. The minimum Gasteiger partial charge on any atom is -0.481 e. The van der Waals surface area contributed by atoms with E-state index in [1.54, 1.807) is 13.8 Å². The van der Waals surface area contributed by atoms with Gasteiger partial charge < -0.3 is 9.67 Å². The Hall–Kier alpha value is -1.84. The maximum Gasteiger partial charge on any atom is 0.309 e. The van der Waals surface area contributed by atoms with Crippen molar-refractivity contribution in [1.29, 1.82) is 0 Å². The lowest BCUT2D eigenvalue weighted by atomic mass is 9.89. The van der Waals surface area contributed by atoms with Crippen LogP contribution in [0.4, 0.5) is 0 Å². The number of hydrogen-bond acceptors (Lipinski definition) is 2. The van der Waals surface area contributed by atoms with Gasteiger partial charge in [0.25, 0.3) is 0 Å². The van der Waals surface area contributed by atoms with Gasteiger partial charge in [0.1, 0.15) is 5.82 Å². The third-order valence-corrected chi connectivity index (χ3v) is 3.37. The summed E-state index contributed by atoms with van der Waals surface area (Å²) >= 11 is 0. The number of carbonyl (C=O) groups is 1. The van der Waals surface area contributed by atoms with Gasteiger partial charge in [0, 0.05) is 13.5 Å². The maximum atomic E-state index is 11.2. The number of carboxylic acids is 1. The van der Waals surface area contributed by atoms with Crippen molar-refractivity contribution in [2.75, 3.05) is 0 Å². The Morgan fingerprint density at radius 3 is 2.67 bits per heavy atom. The first-order chi connectivity index (χ1) is 8.33. The molecule has 1 heterocycles. The smallest absolute Gasteiger partial charge is 0.309 e. The maximum absolute atomic E-state index is 11.2. The number of carboxylic acid groups (broad SMARTS) is 1. The second kappa shape index (κ2) is 4.12. The van der Waals surface area contributed by atoms with Gasteiger partial charge in [0.15, 0.2) is 0 Å². The molecule has 0 bridgehead atoms. The highest BCUT2D eigenvalue weighted by molar-refractivity contribution is 5.80. The van der Waals surface area contributed by atoms with Gasteiger partial charge in [0.2, 0.25) is 0 Å². The Balaban J connectivity index is 2.51. The molecule has 1 aromatic carbocycles. The lowest BCUT2D eigenvalue weighted by Crippen LogP contribution is -2.27. The summed E-state index contributed by atoms with van der Waals surface area (Å²) in [4.78, 5) is 15.7. The number of aliphatic carboxylic acids is 1. The first-order valence-corrected chi connectivity index (χ1v) is 5.97. The zero-order valence-electron chi connectivity index (χ0n) is 11.2. The highest BCUT2D eigenvalue weighted by atomic mass is 16.4. The van der Waals surface area contributed by atoms with Crippen LogP contribution in [0, 0.1) is 12.3 Å². The molecule has 0 aliphatic carbocycles.